The Morgan fingerprint density at radius 1 is 1.19 bits per heavy atom. The summed E-state index contributed by atoms with van der Waals surface area (Å²) in [7, 11) is -2.31. The van der Waals surface area contributed by atoms with Crippen molar-refractivity contribution < 1.29 is 17.9 Å². The molecule has 118 valence electrons. The second-order valence-electron chi connectivity index (χ2n) is 5.85. The maximum absolute atomic E-state index is 12.4. The van der Waals surface area contributed by atoms with Crippen molar-refractivity contribution in [3.05, 3.63) is 29.8 Å². The van der Waals surface area contributed by atoms with Crippen molar-refractivity contribution in [3.63, 3.8) is 0 Å². The molecule has 0 aliphatic carbocycles. The smallest absolute Gasteiger partial charge is 0.321 e. The number of ether oxygens (including phenoxy) is 1. The Kier molecular flexibility index (Phi) is 5.53. The van der Waals surface area contributed by atoms with Gasteiger partial charge in [-0.05, 0) is 44.9 Å². The molecule has 0 spiro atoms. The minimum atomic E-state index is -3.68. The fourth-order valence-corrected chi connectivity index (χ4v) is 2.83. The summed E-state index contributed by atoms with van der Waals surface area (Å²) < 4.78 is 30.8. The average Bonchev–Trinajstić information content (AvgIpc) is 2.36. The lowest BCUT2D eigenvalue weighted by molar-refractivity contribution is -0.154. The van der Waals surface area contributed by atoms with Crippen LogP contribution in [0.4, 0.5) is 0 Å². The first-order valence-corrected chi connectivity index (χ1v) is 8.27. The van der Waals surface area contributed by atoms with Crippen molar-refractivity contribution in [1.29, 1.82) is 0 Å². The molecule has 0 amide bonds. The zero-order valence-electron chi connectivity index (χ0n) is 13.2. The SMILES string of the molecule is CCc1ccc(S(=O)(=O)N(C)CC(=O)OC(C)(C)C)cc1. The first kappa shape index (κ1) is 17.7. The maximum atomic E-state index is 12.4. The summed E-state index contributed by atoms with van der Waals surface area (Å²) in [6, 6.07) is 6.65. The van der Waals surface area contributed by atoms with Crippen LogP contribution < -0.4 is 0 Å². The number of hydrogen-bond donors (Lipinski definition) is 0. The molecular formula is C15H23NO4S. The summed E-state index contributed by atoms with van der Waals surface area (Å²) in [5.41, 5.74) is 0.425. The van der Waals surface area contributed by atoms with E-state index in [1.54, 1.807) is 45.0 Å². The quantitative estimate of drug-likeness (QED) is 0.782. The van der Waals surface area contributed by atoms with Gasteiger partial charge in [0.1, 0.15) is 12.1 Å². The third-order valence-corrected chi connectivity index (χ3v) is 4.63. The van der Waals surface area contributed by atoms with Crippen LogP contribution in [0.15, 0.2) is 29.2 Å². The van der Waals surface area contributed by atoms with E-state index in [1.807, 2.05) is 6.92 Å². The number of carbonyl (C=O) groups is 1. The minimum Gasteiger partial charge on any atom is -0.459 e. The standard InChI is InChI=1S/C15H23NO4S/c1-6-12-7-9-13(10-8-12)21(18,19)16(5)11-14(17)20-15(2,3)4/h7-10H,6,11H2,1-5H3. The van der Waals surface area contributed by atoms with Crippen LogP contribution in [0.1, 0.15) is 33.3 Å². The summed E-state index contributed by atoms with van der Waals surface area (Å²) in [4.78, 5) is 11.9. The van der Waals surface area contributed by atoms with E-state index in [0.717, 1.165) is 16.3 Å². The third-order valence-electron chi connectivity index (χ3n) is 2.81. The molecule has 5 nitrogen and oxygen atoms in total. The van der Waals surface area contributed by atoms with Crippen molar-refractivity contribution in [2.75, 3.05) is 13.6 Å². The molecule has 6 heteroatoms. The third kappa shape index (κ3) is 5.13. The van der Waals surface area contributed by atoms with Crippen LogP contribution in [0.5, 0.6) is 0 Å². The Bertz CT molecular complexity index is 585. The zero-order valence-corrected chi connectivity index (χ0v) is 14.0. The molecule has 0 fully saturated rings. The molecule has 0 atom stereocenters. The average molecular weight is 313 g/mol. The molecular weight excluding hydrogens is 290 g/mol. The summed E-state index contributed by atoms with van der Waals surface area (Å²) >= 11 is 0. The molecule has 0 N–H and O–H groups in total. The van der Waals surface area contributed by atoms with Gasteiger partial charge in [-0.2, -0.15) is 4.31 Å². The predicted octanol–water partition coefficient (Wildman–Crippen LogP) is 2.21. The number of hydrogen-bond acceptors (Lipinski definition) is 4. The molecule has 1 aromatic rings. The Balaban J connectivity index is 2.84. The minimum absolute atomic E-state index is 0.172. The van der Waals surface area contributed by atoms with Crippen molar-refractivity contribution in [1.82, 2.24) is 4.31 Å². The Hall–Kier alpha value is -1.40. The number of nitrogens with zero attached hydrogens (tertiary/aromatic N) is 1. The van der Waals surface area contributed by atoms with Crippen LogP contribution in [0, 0.1) is 0 Å². The molecule has 1 aromatic carbocycles. The fraction of sp³-hybridized carbons (Fsp3) is 0.533. The first-order chi connectivity index (χ1) is 9.56. The largest absolute Gasteiger partial charge is 0.459 e. The zero-order chi connectivity index (χ0) is 16.3. The number of aryl methyl sites for hydroxylation is 1. The summed E-state index contributed by atoms with van der Waals surface area (Å²) in [5.74, 6) is -0.571. The van der Waals surface area contributed by atoms with Gasteiger partial charge in [-0.3, -0.25) is 4.79 Å². The van der Waals surface area contributed by atoms with E-state index in [4.69, 9.17) is 4.74 Å². The summed E-state index contributed by atoms with van der Waals surface area (Å²) in [5, 5.41) is 0. The van der Waals surface area contributed by atoms with Crippen LogP contribution in [0.3, 0.4) is 0 Å². The van der Waals surface area contributed by atoms with Gasteiger partial charge in [-0.25, -0.2) is 8.42 Å². The number of carbonyl (C=O) groups excluding carboxylic acids is 1. The second kappa shape index (κ2) is 6.58. The highest BCUT2D eigenvalue weighted by Crippen LogP contribution is 2.16. The van der Waals surface area contributed by atoms with Crippen molar-refractivity contribution >= 4 is 16.0 Å². The molecule has 0 aliphatic heterocycles. The van der Waals surface area contributed by atoms with Crippen LogP contribution in [0.25, 0.3) is 0 Å². The molecule has 1 rings (SSSR count). The Morgan fingerprint density at radius 3 is 2.14 bits per heavy atom. The van der Waals surface area contributed by atoms with Gasteiger partial charge >= 0.3 is 5.97 Å². The highest BCUT2D eigenvalue weighted by Gasteiger charge is 2.25. The van der Waals surface area contributed by atoms with E-state index in [-0.39, 0.29) is 11.4 Å². The highest BCUT2D eigenvalue weighted by molar-refractivity contribution is 7.89. The van der Waals surface area contributed by atoms with E-state index < -0.39 is 21.6 Å². The van der Waals surface area contributed by atoms with Crippen molar-refractivity contribution in [2.45, 2.75) is 44.6 Å². The molecule has 21 heavy (non-hydrogen) atoms. The molecule has 0 saturated heterocycles. The van der Waals surface area contributed by atoms with Gasteiger partial charge in [0, 0.05) is 7.05 Å². The van der Waals surface area contributed by atoms with E-state index in [1.165, 1.54) is 7.05 Å². The van der Waals surface area contributed by atoms with Crippen molar-refractivity contribution in [2.24, 2.45) is 0 Å². The Morgan fingerprint density at radius 2 is 1.71 bits per heavy atom. The van der Waals surface area contributed by atoms with Crippen LogP contribution in [-0.2, 0) is 26.0 Å². The maximum Gasteiger partial charge on any atom is 0.321 e. The van der Waals surface area contributed by atoms with E-state index in [0.29, 0.717) is 0 Å². The van der Waals surface area contributed by atoms with Gasteiger partial charge in [0.05, 0.1) is 4.90 Å². The molecule has 0 radical (unpaired) electrons. The number of benzene rings is 1. The van der Waals surface area contributed by atoms with Gasteiger partial charge < -0.3 is 4.74 Å². The lowest BCUT2D eigenvalue weighted by Crippen LogP contribution is -2.36. The predicted molar refractivity (Wildman–Crippen MR) is 81.5 cm³/mol. The number of esters is 1. The van der Waals surface area contributed by atoms with Crippen molar-refractivity contribution in [3.8, 4) is 0 Å². The lowest BCUT2D eigenvalue weighted by Gasteiger charge is -2.22. The second-order valence-corrected chi connectivity index (χ2v) is 7.89. The molecule has 0 aliphatic rings. The number of likely N-dealkylation sites (N-methyl/N-ethyl adjacent to an activating group) is 1. The first-order valence-electron chi connectivity index (χ1n) is 6.83. The molecule has 0 aromatic heterocycles. The van der Waals surface area contributed by atoms with Crippen LogP contribution in [-0.4, -0.2) is 37.9 Å². The fourth-order valence-electron chi connectivity index (χ4n) is 1.72. The monoisotopic (exact) mass is 313 g/mol. The molecule has 0 bridgehead atoms. The summed E-state index contributed by atoms with van der Waals surface area (Å²) in [6.07, 6.45) is 0.841. The molecule has 0 unspecified atom stereocenters. The number of sulfonamides is 1. The van der Waals surface area contributed by atoms with E-state index in [2.05, 4.69) is 0 Å². The van der Waals surface area contributed by atoms with E-state index >= 15 is 0 Å². The Labute approximate surface area is 127 Å². The molecule has 0 saturated carbocycles. The van der Waals surface area contributed by atoms with E-state index in [9.17, 15) is 13.2 Å². The van der Waals surface area contributed by atoms with Crippen LogP contribution >= 0.6 is 0 Å². The number of rotatable bonds is 5. The molecule has 0 heterocycles. The lowest BCUT2D eigenvalue weighted by atomic mass is 10.2. The van der Waals surface area contributed by atoms with Gasteiger partial charge in [0.25, 0.3) is 0 Å². The normalized spacial score (nSPS) is 12.5. The van der Waals surface area contributed by atoms with Gasteiger partial charge in [0.15, 0.2) is 0 Å². The van der Waals surface area contributed by atoms with Gasteiger partial charge in [-0.1, -0.05) is 19.1 Å². The topological polar surface area (TPSA) is 63.7 Å². The van der Waals surface area contributed by atoms with Gasteiger partial charge in [-0.15, -0.1) is 0 Å². The highest BCUT2D eigenvalue weighted by atomic mass is 32.2. The van der Waals surface area contributed by atoms with Gasteiger partial charge in [0.2, 0.25) is 10.0 Å². The summed E-state index contributed by atoms with van der Waals surface area (Å²) in [6.45, 7) is 6.90. The van der Waals surface area contributed by atoms with Crippen LogP contribution in [0.2, 0.25) is 0 Å².